The molecule has 0 heterocycles. The number of hydrogen-bond acceptors (Lipinski definition) is 3. The fraction of sp³-hybridized carbons (Fsp3) is 1.00. The Morgan fingerprint density at radius 3 is 2.31 bits per heavy atom. The first-order valence-corrected chi connectivity index (χ1v) is 6.45. The molecule has 0 bridgehead atoms. The molecule has 1 atom stereocenters. The maximum atomic E-state index is 5.75. The van der Waals surface area contributed by atoms with Gasteiger partial charge < -0.3 is 14.8 Å². The van der Waals surface area contributed by atoms with E-state index in [1.165, 1.54) is 6.42 Å². The summed E-state index contributed by atoms with van der Waals surface area (Å²) < 4.78 is 11.4. The maximum Gasteiger partial charge on any atom is 0.0707 e. The Hall–Kier alpha value is -0.120. The molecule has 0 radical (unpaired) electrons. The van der Waals surface area contributed by atoms with E-state index >= 15 is 0 Å². The highest BCUT2D eigenvalue weighted by Crippen LogP contribution is 2.06. The van der Waals surface area contributed by atoms with Gasteiger partial charge in [-0.2, -0.15) is 0 Å². The van der Waals surface area contributed by atoms with Crippen molar-refractivity contribution in [3.05, 3.63) is 0 Å². The summed E-state index contributed by atoms with van der Waals surface area (Å²) in [6.07, 6.45) is 2.53. The van der Waals surface area contributed by atoms with Gasteiger partial charge in [-0.15, -0.1) is 0 Å². The van der Waals surface area contributed by atoms with E-state index in [4.69, 9.17) is 9.47 Å². The molecule has 3 nitrogen and oxygen atoms in total. The molecule has 0 aromatic rings. The van der Waals surface area contributed by atoms with Crippen molar-refractivity contribution in [2.75, 3.05) is 26.3 Å². The number of ether oxygens (including phenoxy) is 2. The molecular weight excluding hydrogens is 202 g/mol. The quantitative estimate of drug-likeness (QED) is 0.619. The first kappa shape index (κ1) is 15.9. The molecule has 1 N–H and O–H groups in total. The molecule has 0 aliphatic rings. The zero-order valence-electron chi connectivity index (χ0n) is 11.6. The lowest BCUT2D eigenvalue weighted by Crippen LogP contribution is -2.31. The van der Waals surface area contributed by atoms with Gasteiger partial charge in [0.25, 0.3) is 0 Å². The van der Waals surface area contributed by atoms with E-state index in [9.17, 15) is 0 Å². The van der Waals surface area contributed by atoms with E-state index in [2.05, 4.69) is 39.9 Å². The van der Waals surface area contributed by atoms with E-state index in [1.807, 2.05) is 0 Å². The standard InChI is InChI=1S/C13H29NO2/c1-6-8-14-11-12(7-2)15-9-10-16-13(3,4)5/h12,14H,6-11H2,1-5H3. The Labute approximate surface area is 101 Å². The predicted octanol–water partition coefficient (Wildman–Crippen LogP) is 2.60. The van der Waals surface area contributed by atoms with Crippen LogP contribution >= 0.6 is 0 Å². The van der Waals surface area contributed by atoms with Crippen LogP contribution in [0, 0.1) is 0 Å². The van der Waals surface area contributed by atoms with Crippen LogP contribution in [0.5, 0.6) is 0 Å². The Balaban J connectivity index is 3.47. The molecule has 98 valence electrons. The highest BCUT2D eigenvalue weighted by molar-refractivity contribution is 4.61. The smallest absolute Gasteiger partial charge is 0.0707 e. The molecule has 0 aromatic carbocycles. The van der Waals surface area contributed by atoms with E-state index < -0.39 is 0 Å². The van der Waals surface area contributed by atoms with Crippen LogP contribution in [0.1, 0.15) is 47.5 Å². The zero-order valence-corrected chi connectivity index (χ0v) is 11.6. The minimum atomic E-state index is -0.0640. The largest absolute Gasteiger partial charge is 0.375 e. The molecule has 0 aliphatic carbocycles. The van der Waals surface area contributed by atoms with Crippen molar-refractivity contribution < 1.29 is 9.47 Å². The number of nitrogens with one attached hydrogen (secondary N) is 1. The maximum absolute atomic E-state index is 5.75. The fourth-order valence-electron chi connectivity index (χ4n) is 1.32. The highest BCUT2D eigenvalue weighted by Gasteiger charge is 2.10. The van der Waals surface area contributed by atoms with Crippen molar-refractivity contribution in [3.63, 3.8) is 0 Å². The lowest BCUT2D eigenvalue weighted by atomic mass is 10.2. The Bertz CT molecular complexity index is 155. The van der Waals surface area contributed by atoms with Gasteiger partial charge in [0.1, 0.15) is 0 Å². The summed E-state index contributed by atoms with van der Waals surface area (Å²) >= 11 is 0. The summed E-state index contributed by atoms with van der Waals surface area (Å²) in [7, 11) is 0. The van der Waals surface area contributed by atoms with Crippen molar-refractivity contribution in [1.29, 1.82) is 0 Å². The summed E-state index contributed by atoms with van der Waals surface area (Å²) in [5.41, 5.74) is -0.0640. The molecule has 0 saturated carbocycles. The molecule has 0 spiro atoms. The van der Waals surface area contributed by atoms with Gasteiger partial charge in [0.05, 0.1) is 24.9 Å². The number of rotatable bonds is 9. The Morgan fingerprint density at radius 1 is 1.12 bits per heavy atom. The molecule has 3 heteroatoms. The normalized spacial score (nSPS) is 14.1. The first-order chi connectivity index (χ1) is 7.49. The topological polar surface area (TPSA) is 30.5 Å². The zero-order chi connectivity index (χ0) is 12.4. The third-order valence-corrected chi connectivity index (χ3v) is 2.23. The van der Waals surface area contributed by atoms with Gasteiger partial charge in [-0.05, 0) is 40.2 Å². The van der Waals surface area contributed by atoms with Crippen LogP contribution in [0.4, 0.5) is 0 Å². The second-order valence-corrected chi connectivity index (χ2v) is 5.07. The monoisotopic (exact) mass is 231 g/mol. The summed E-state index contributed by atoms with van der Waals surface area (Å²) in [6.45, 7) is 13.9. The van der Waals surface area contributed by atoms with Crippen LogP contribution < -0.4 is 5.32 Å². The summed E-state index contributed by atoms with van der Waals surface area (Å²) in [4.78, 5) is 0. The second kappa shape index (κ2) is 8.97. The van der Waals surface area contributed by atoms with Crippen LogP contribution in [0.2, 0.25) is 0 Å². The van der Waals surface area contributed by atoms with E-state index in [0.717, 1.165) is 19.5 Å². The van der Waals surface area contributed by atoms with Gasteiger partial charge in [0, 0.05) is 6.54 Å². The minimum Gasteiger partial charge on any atom is -0.375 e. The molecule has 1 unspecified atom stereocenters. The van der Waals surface area contributed by atoms with Crippen molar-refractivity contribution in [1.82, 2.24) is 5.32 Å². The van der Waals surface area contributed by atoms with Crippen LogP contribution in [-0.2, 0) is 9.47 Å². The Kier molecular flexibility index (Phi) is 8.90. The average Bonchev–Trinajstić information content (AvgIpc) is 2.20. The first-order valence-electron chi connectivity index (χ1n) is 6.45. The van der Waals surface area contributed by atoms with Gasteiger partial charge in [0.15, 0.2) is 0 Å². The van der Waals surface area contributed by atoms with Crippen molar-refractivity contribution in [2.24, 2.45) is 0 Å². The van der Waals surface area contributed by atoms with Crippen molar-refractivity contribution in [2.45, 2.75) is 59.2 Å². The summed E-state index contributed by atoms with van der Waals surface area (Å²) in [5.74, 6) is 0. The third kappa shape index (κ3) is 10.4. The summed E-state index contributed by atoms with van der Waals surface area (Å²) in [6, 6.07) is 0. The van der Waals surface area contributed by atoms with Gasteiger partial charge in [-0.3, -0.25) is 0 Å². The molecule has 16 heavy (non-hydrogen) atoms. The lowest BCUT2D eigenvalue weighted by Gasteiger charge is -2.21. The van der Waals surface area contributed by atoms with E-state index in [-0.39, 0.29) is 5.60 Å². The van der Waals surface area contributed by atoms with Gasteiger partial charge in [0.2, 0.25) is 0 Å². The van der Waals surface area contributed by atoms with Gasteiger partial charge in [-0.1, -0.05) is 13.8 Å². The molecule has 0 aliphatic heterocycles. The number of hydrogen-bond donors (Lipinski definition) is 1. The molecule has 0 saturated heterocycles. The molecule has 0 rings (SSSR count). The average molecular weight is 231 g/mol. The van der Waals surface area contributed by atoms with Gasteiger partial charge in [-0.25, -0.2) is 0 Å². The molecule has 0 aromatic heterocycles. The Morgan fingerprint density at radius 2 is 1.81 bits per heavy atom. The van der Waals surface area contributed by atoms with Crippen LogP contribution in [0.3, 0.4) is 0 Å². The van der Waals surface area contributed by atoms with Crippen LogP contribution in [0.25, 0.3) is 0 Å². The van der Waals surface area contributed by atoms with E-state index in [0.29, 0.717) is 19.3 Å². The second-order valence-electron chi connectivity index (χ2n) is 5.07. The van der Waals surface area contributed by atoms with Crippen molar-refractivity contribution >= 4 is 0 Å². The lowest BCUT2D eigenvalue weighted by molar-refractivity contribution is -0.0515. The fourth-order valence-corrected chi connectivity index (χ4v) is 1.32. The SMILES string of the molecule is CCCNCC(CC)OCCOC(C)(C)C. The van der Waals surface area contributed by atoms with Gasteiger partial charge >= 0.3 is 0 Å². The van der Waals surface area contributed by atoms with E-state index in [1.54, 1.807) is 0 Å². The molecule has 0 amide bonds. The molecule has 0 fully saturated rings. The predicted molar refractivity (Wildman–Crippen MR) is 68.9 cm³/mol. The van der Waals surface area contributed by atoms with Crippen LogP contribution in [-0.4, -0.2) is 38.0 Å². The van der Waals surface area contributed by atoms with Crippen molar-refractivity contribution in [3.8, 4) is 0 Å². The summed E-state index contributed by atoms with van der Waals surface area (Å²) in [5, 5.41) is 3.38. The molecular formula is C13H29NO2. The minimum absolute atomic E-state index is 0.0640. The van der Waals surface area contributed by atoms with Crippen LogP contribution in [0.15, 0.2) is 0 Å². The highest BCUT2D eigenvalue weighted by atomic mass is 16.5. The third-order valence-electron chi connectivity index (χ3n) is 2.23.